The topological polar surface area (TPSA) is 29.1 Å². The molecule has 1 amide bonds. The molecule has 0 saturated heterocycles. The second-order valence-corrected chi connectivity index (χ2v) is 4.04. The molecule has 0 radical (unpaired) electrons. The van der Waals surface area contributed by atoms with E-state index in [2.05, 4.69) is 5.32 Å². The number of benzene rings is 2. The largest absolute Gasteiger partial charge is 0.323 e. The van der Waals surface area contributed by atoms with Crippen LogP contribution in [0.3, 0.4) is 0 Å². The quantitative estimate of drug-likeness (QED) is 0.877. The Balaban J connectivity index is 2.45. The molecule has 0 unspecified atom stereocenters. The maximum atomic E-state index is 12.3. The summed E-state index contributed by atoms with van der Waals surface area (Å²) in [5, 5.41) is 2.57. The van der Waals surface area contributed by atoms with Crippen LogP contribution >= 0.6 is 0 Å². The van der Waals surface area contributed by atoms with E-state index in [0.717, 1.165) is 16.7 Å². The highest BCUT2D eigenvalue weighted by atomic mass is 19.1. The van der Waals surface area contributed by atoms with Gasteiger partial charge >= 0.3 is 0 Å². The first-order valence-corrected chi connectivity index (χ1v) is 5.73. The van der Waals surface area contributed by atoms with E-state index in [1.54, 1.807) is 6.07 Å². The monoisotopic (exact) mass is 243 g/mol. The van der Waals surface area contributed by atoms with Gasteiger partial charge in [-0.15, -0.1) is 0 Å². The van der Waals surface area contributed by atoms with Crippen LogP contribution in [0.25, 0.3) is 11.1 Å². The van der Waals surface area contributed by atoms with Gasteiger partial charge in [0.2, 0.25) is 0 Å². The fourth-order valence-corrected chi connectivity index (χ4v) is 1.89. The fourth-order valence-electron chi connectivity index (χ4n) is 1.89. The van der Waals surface area contributed by atoms with Gasteiger partial charge in [0.1, 0.15) is 0 Å². The summed E-state index contributed by atoms with van der Waals surface area (Å²) in [6.45, 7) is 0.991. The van der Waals surface area contributed by atoms with Crippen molar-refractivity contribution in [1.29, 1.82) is 0 Å². The van der Waals surface area contributed by atoms with Crippen molar-refractivity contribution in [2.45, 2.75) is 6.92 Å². The SMILES string of the molecule is Cc1ccccc1-c1ccccc1NC(=O)CF. The molecule has 0 aliphatic rings. The van der Waals surface area contributed by atoms with Crippen LogP contribution in [-0.2, 0) is 4.79 Å². The zero-order valence-corrected chi connectivity index (χ0v) is 10.1. The Morgan fingerprint density at radius 1 is 1.06 bits per heavy atom. The summed E-state index contributed by atoms with van der Waals surface area (Å²) in [5.74, 6) is -0.629. The van der Waals surface area contributed by atoms with Crippen molar-refractivity contribution in [2.75, 3.05) is 12.0 Å². The molecular weight excluding hydrogens is 229 g/mol. The van der Waals surface area contributed by atoms with Crippen molar-refractivity contribution in [3.05, 3.63) is 54.1 Å². The number of hydrogen-bond donors (Lipinski definition) is 1. The molecule has 0 aliphatic carbocycles. The first kappa shape index (κ1) is 12.3. The molecule has 0 atom stereocenters. The minimum Gasteiger partial charge on any atom is -0.323 e. The molecule has 1 N–H and O–H groups in total. The summed E-state index contributed by atoms with van der Waals surface area (Å²) < 4.78 is 12.3. The van der Waals surface area contributed by atoms with Crippen LogP contribution in [0.15, 0.2) is 48.5 Å². The summed E-state index contributed by atoms with van der Waals surface area (Å²) in [5.41, 5.74) is 3.68. The zero-order valence-electron chi connectivity index (χ0n) is 10.1. The Kier molecular flexibility index (Phi) is 3.72. The van der Waals surface area contributed by atoms with Gasteiger partial charge in [0.25, 0.3) is 5.91 Å². The van der Waals surface area contributed by atoms with E-state index < -0.39 is 12.6 Å². The molecule has 0 bridgehead atoms. The normalized spacial score (nSPS) is 10.1. The number of aryl methyl sites for hydroxylation is 1. The molecule has 0 fully saturated rings. The first-order valence-electron chi connectivity index (χ1n) is 5.73. The van der Waals surface area contributed by atoms with Crippen molar-refractivity contribution in [3.8, 4) is 11.1 Å². The van der Waals surface area contributed by atoms with E-state index in [4.69, 9.17) is 0 Å². The van der Waals surface area contributed by atoms with Crippen LogP contribution < -0.4 is 5.32 Å². The molecule has 0 saturated carbocycles. The van der Waals surface area contributed by atoms with E-state index in [1.807, 2.05) is 49.4 Å². The van der Waals surface area contributed by atoms with Gasteiger partial charge in [-0.05, 0) is 24.1 Å². The lowest BCUT2D eigenvalue weighted by Crippen LogP contribution is -2.13. The number of carbonyl (C=O) groups is 1. The lowest BCUT2D eigenvalue weighted by molar-refractivity contribution is -0.117. The van der Waals surface area contributed by atoms with Gasteiger partial charge in [0.15, 0.2) is 6.67 Å². The third-order valence-electron chi connectivity index (χ3n) is 2.76. The predicted octanol–water partition coefficient (Wildman–Crippen LogP) is 3.57. The zero-order chi connectivity index (χ0) is 13.0. The average Bonchev–Trinajstić information content (AvgIpc) is 2.40. The van der Waals surface area contributed by atoms with E-state index in [0.29, 0.717) is 5.69 Å². The number of para-hydroxylation sites is 1. The van der Waals surface area contributed by atoms with Crippen LogP contribution in [0.4, 0.5) is 10.1 Å². The molecule has 0 aliphatic heterocycles. The number of nitrogens with one attached hydrogen (secondary N) is 1. The maximum absolute atomic E-state index is 12.3. The van der Waals surface area contributed by atoms with E-state index >= 15 is 0 Å². The Morgan fingerprint density at radius 3 is 2.33 bits per heavy atom. The Morgan fingerprint density at radius 2 is 1.67 bits per heavy atom. The van der Waals surface area contributed by atoms with Gasteiger partial charge in [-0.1, -0.05) is 42.5 Å². The number of rotatable bonds is 3. The van der Waals surface area contributed by atoms with Crippen LogP contribution in [-0.4, -0.2) is 12.6 Å². The highest BCUT2D eigenvalue weighted by Crippen LogP contribution is 2.30. The number of amides is 1. The van der Waals surface area contributed by atoms with Gasteiger partial charge in [0, 0.05) is 11.3 Å². The predicted molar refractivity (Wildman–Crippen MR) is 71.2 cm³/mol. The van der Waals surface area contributed by atoms with Crippen molar-refractivity contribution in [2.24, 2.45) is 0 Å². The number of alkyl halides is 1. The fraction of sp³-hybridized carbons (Fsp3) is 0.133. The number of anilines is 1. The summed E-state index contributed by atoms with van der Waals surface area (Å²) in [7, 11) is 0. The lowest BCUT2D eigenvalue weighted by atomic mass is 9.99. The van der Waals surface area contributed by atoms with Crippen LogP contribution in [0.5, 0.6) is 0 Å². The van der Waals surface area contributed by atoms with Gasteiger partial charge in [-0.3, -0.25) is 4.79 Å². The van der Waals surface area contributed by atoms with Gasteiger partial charge in [-0.2, -0.15) is 0 Å². The average molecular weight is 243 g/mol. The Bertz CT molecular complexity index is 566. The third kappa shape index (κ3) is 2.56. The molecule has 92 valence electrons. The number of hydrogen-bond acceptors (Lipinski definition) is 1. The molecule has 18 heavy (non-hydrogen) atoms. The Labute approximate surface area is 105 Å². The van der Waals surface area contributed by atoms with Crippen molar-refractivity contribution >= 4 is 11.6 Å². The van der Waals surface area contributed by atoms with Crippen molar-refractivity contribution < 1.29 is 9.18 Å². The minimum absolute atomic E-state index is 0.629. The smallest absolute Gasteiger partial charge is 0.255 e. The second kappa shape index (κ2) is 5.45. The molecule has 2 aromatic carbocycles. The van der Waals surface area contributed by atoms with Gasteiger partial charge < -0.3 is 5.32 Å². The van der Waals surface area contributed by atoms with Gasteiger partial charge in [0.05, 0.1) is 0 Å². The van der Waals surface area contributed by atoms with Crippen LogP contribution in [0.2, 0.25) is 0 Å². The van der Waals surface area contributed by atoms with Crippen molar-refractivity contribution in [1.82, 2.24) is 0 Å². The Hall–Kier alpha value is -2.16. The van der Waals surface area contributed by atoms with E-state index in [9.17, 15) is 9.18 Å². The molecule has 2 nitrogen and oxygen atoms in total. The molecule has 3 heteroatoms. The summed E-state index contributed by atoms with van der Waals surface area (Å²) in [4.78, 5) is 11.2. The molecular formula is C15H14FNO. The third-order valence-corrected chi connectivity index (χ3v) is 2.76. The molecule has 0 spiro atoms. The first-order chi connectivity index (χ1) is 8.72. The lowest BCUT2D eigenvalue weighted by Gasteiger charge is -2.12. The van der Waals surface area contributed by atoms with E-state index in [-0.39, 0.29) is 0 Å². The van der Waals surface area contributed by atoms with Crippen LogP contribution in [0, 0.1) is 6.92 Å². The van der Waals surface area contributed by atoms with Gasteiger partial charge in [-0.25, -0.2) is 4.39 Å². The highest BCUT2D eigenvalue weighted by molar-refractivity contribution is 5.96. The minimum atomic E-state index is -1.01. The molecule has 2 rings (SSSR count). The highest BCUT2D eigenvalue weighted by Gasteiger charge is 2.09. The molecule has 2 aromatic rings. The second-order valence-electron chi connectivity index (χ2n) is 4.04. The summed E-state index contributed by atoms with van der Waals surface area (Å²) in [6, 6.07) is 15.3. The standard InChI is InChI=1S/C15H14FNO/c1-11-6-2-3-7-12(11)13-8-4-5-9-14(13)17-15(18)10-16/h2-9H,10H2,1H3,(H,17,18). The molecule has 0 aromatic heterocycles. The van der Waals surface area contributed by atoms with E-state index in [1.165, 1.54) is 0 Å². The summed E-state index contributed by atoms with van der Waals surface area (Å²) >= 11 is 0. The number of carbonyl (C=O) groups excluding carboxylic acids is 1. The van der Waals surface area contributed by atoms with Crippen LogP contribution in [0.1, 0.15) is 5.56 Å². The maximum Gasteiger partial charge on any atom is 0.255 e. The summed E-state index contributed by atoms with van der Waals surface area (Å²) in [6.07, 6.45) is 0. The molecule has 0 heterocycles. The van der Waals surface area contributed by atoms with Crippen molar-refractivity contribution in [3.63, 3.8) is 0 Å². The number of halogens is 1.